The third-order valence-electron chi connectivity index (χ3n) is 2.91. The van der Waals surface area contributed by atoms with E-state index in [1.54, 1.807) is 11.9 Å². The molecule has 0 saturated carbocycles. The Morgan fingerprint density at radius 2 is 2.40 bits per heavy atom. The molecule has 4 nitrogen and oxygen atoms in total. The van der Waals surface area contributed by atoms with Gasteiger partial charge in [0.25, 0.3) is 0 Å². The van der Waals surface area contributed by atoms with Crippen LogP contribution in [0.2, 0.25) is 0 Å². The van der Waals surface area contributed by atoms with Gasteiger partial charge in [0.1, 0.15) is 0 Å². The highest BCUT2D eigenvalue weighted by atomic mass is 16.2. The van der Waals surface area contributed by atoms with Gasteiger partial charge < -0.3 is 10.2 Å². The van der Waals surface area contributed by atoms with E-state index in [1.165, 1.54) is 0 Å². The van der Waals surface area contributed by atoms with Gasteiger partial charge >= 0.3 is 0 Å². The fourth-order valence-electron chi connectivity index (χ4n) is 2.00. The quantitative estimate of drug-likeness (QED) is 0.746. The van der Waals surface area contributed by atoms with Gasteiger partial charge in [-0.1, -0.05) is 0 Å². The summed E-state index contributed by atoms with van der Waals surface area (Å²) in [6.07, 6.45) is 2.25. The molecule has 1 fully saturated rings. The highest BCUT2D eigenvalue weighted by Crippen LogP contribution is 2.18. The van der Waals surface area contributed by atoms with E-state index < -0.39 is 0 Å². The van der Waals surface area contributed by atoms with Crippen molar-refractivity contribution in [3.63, 3.8) is 0 Å². The van der Waals surface area contributed by atoms with Crippen LogP contribution in [-0.2, 0) is 4.79 Å². The van der Waals surface area contributed by atoms with Crippen molar-refractivity contribution in [1.29, 1.82) is 5.26 Å². The molecule has 1 aliphatic rings. The molecule has 15 heavy (non-hydrogen) atoms. The van der Waals surface area contributed by atoms with Crippen LogP contribution in [0.5, 0.6) is 0 Å². The van der Waals surface area contributed by atoms with E-state index in [1.807, 2.05) is 0 Å². The van der Waals surface area contributed by atoms with Crippen molar-refractivity contribution < 1.29 is 4.79 Å². The number of carbonyl (C=O) groups excluding carboxylic acids is 1. The molecule has 0 aliphatic carbocycles. The molecule has 1 aliphatic heterocycles. The highest BCUT2D eigenvalue weighted by molar-refractivity contribution is 5.78. The second-order valence-electron chi connectivity index (χ2n) is 4.24. The number of rotatable bonds is 3. The zero-order valence-corrected chi connectivity index (χ0v) is 9.49. The van der Waals surface area contributed by atoms with Crippen LogP contribution in [0.15, 0.2) is 0 Å². The first-order chi connectivity index (χ1) is 7.15. The van der Waals surface area contributed by atoms with Crippen LogP contribution >= 0.6 is 0 Å². The zero-order valence-electron chi connectivity index (χ0n) is 9.49. The van der Waals surface area contributed by atoms with Crippen molar-refractivity contribution in [1.82, 2.24) is 10.2 Å². The Morgan fingerprint density at radius 3 is 3.00 bits per heavy atom. The molecule has 2 unspecified atom stereocenters. The minimum Gasteiger partial charge on any atom is -0.344 e. The van der Waals surface area contributed by atoms with Crippen molar-refractivity contribution in [2.24, 2.45) is 5.92 Å². The van der Waals surface area contributed by atoms with Crippen molar-refractivity contribution in [3.05, 3.63) is 0 Å². The zero-order chi connectivity index (χ0) is 11.3. The lowest BCUT2D eigenvalue weighted by atomic mass is 9.92. The predicted octanol–water partition coefficient (Wildman–Crippen LogP) is 0.747. The predicted molar refractivity (Wildman–Crippen MR) is 58.1 cm³/mol. The van der Waals surface area contributed by atoms with Gasteiger partial charge in [-0.05, 0) is 26.3 Å². The molecule has 4 heteroatoms. The van der Waals surface area contributed by atoms with Crippen LogP contribution in [0, 0.1) is 17.2 Å². The summed E-state index contributed by atoms with van der Waals surface area (Å²) in [5, 5.41) is 11.8. The van der Waals surface area contributed by atoms with Crippen LogP contribution < -0.4 is 5.32 Å². The molecular weight excluding hydrogens is 190 g/mol. The molecule has 0 aromatic heterocycles. The van der Waals surface area contributed by atoms with E-state index in [4.69, 9.17) is 5.26 Å². The van der Waals surface area contributed by atoms with E-state index in [-0.39, 0.29) is 11.8 Å². The van der Waals surface area contributed by atoms with Crippen molar-refractivity contribution in [2.75, 3.05) is 20.1 Å². The number of amides is 1. The third kappa shape index (κ3) is 3.52. The highest BCUT2D eigenvalue weighted by Gasteiger charge is 2.26. The van der Waals surface area contributed by atoms with Crippen LogP contribution in [0.1, 0.15) is 26.2 Å². The number of carbonyl (C=O) groups is 1. The minimum atomic E-state index is 0.143. The molecule has 0 aromatic rings. The molecule has 84 valence electrons. The maximum Gasteiger partial charge on any atom is 0.225 e. The molecule has 1 amide bonds. The molecule has 2 atom stereocenters. The van der Waals surface area contributed by atoms with E-state index in [9.17, 15) is 4.79 Å². The SMILES string of the molecule is CC1CC(C(=O)N(C)CCC#N)CCN1. The van der Waals surface area contributed by atoms with Gasteiger partial charge in [-0.3, -0.25) is 4.79 Å². The fraction of sp³-hybridized carbons (Fsp3) is 0.818. The smallest absolute Gasteiger partial charge is 0.225 e. The summed E-state index contributed by atoms with van der Waals surface area (Å²) in [5.74, 6) is 0.337. The number of nitrogens with zero attached hydrogens (tertiary/aromatic N) is 2. The topological polar surface area (TPSA) is 56.1 Å². The van der Waals surface area contributed by atoms with E-state index >= 15 is 0 Å². The van der Waals surface area contributed by atoms with Gasteiger partial charge in [-0.25, -0.2) is 0 Å². The molecule has 0 radical (unpaired) electrons. The van der Waals surface area contributed by atoms with Crippen molar-refractivity contribution in [3.8, 4) is 6.07 Å². The average Bonchev–Trinajstić information content (AvgIpc) is 2.24. The summed E-state index contributed by atoms with van der Waals surface area (Å²) in [7, 11) is 1.78. The summed E-state index contributed by atoms with van der Waals surface area (Å²) in [6, 6.07) is 2.49. The number of nitrogens with one attached hydrogen (secondary N) is 1. The molecular formula is C11H19N3O. The molecule has 1 rings (SSSR count). The second kappa shape index (κ2) is 5.72. The molecule has 0 spiro atoms. The van der Waals surface area contributed by atoms with Gasteiger partial charge in [-0.2, -0.15) is 5.26 Å². The summed E-state index contributed by atoms with van der Waals surface area (Å²) in [4.78, 5) is 13.6. The summed E-state index contributed by atoms with van der Waals surface area (Å²) >= 11 is 0. The van der Waals surface area contributed by atoms with Crippen LogP contribution in [0.4, 0.5) is 0 Å². The Kier molecular flexibility index (Phi) is 4.57. The normalized spacial score (nSPS) is 25.7. The summed E-state index contributed by atoms with van der Waals surface area (Å²) in [6.45, 7) is 3.58. The molecule has 0 aromatic carbocycles. The van der Waals surface area contributed by atoms with Gasteiger partial charge in [0, 0.05) is 25.6 Å². The van der Waals surface area contributed by atoms with Gasteiger partial charge in [-0.15, -0.1) is 0 Å². The van der Waals surface area contributed by atoms with Crippen LogP contribution in [-0.4, -0.2) is 37.0 Å². The van der Waals surface area contributed by atoms with Crippen LogP contribution in [0.25, 0.3) is 0 Å². The summed E-state index contributed by atoms with van der Waals surface area (Å²) in [5.41, 5.74) is 0. The van der Waals surface area contributed by atoms with Gasteiger partial charge in [0.15, 0.2) is 0 Å². The number of piperidine rings is 1. The third-order valence-corrected chi connectivity index (χ3v) is 2.91. The largest absolute Gasteiger partial charge is 0.344 e. The number of nitriles is 1. The second-order valence-corrected chi connectivity index (χ2v) is 4.24. The first-order valence-corrected chi connectivity index (χ1v) is 5.50. The van der Waals surface area contributed by atoms with E-state index in [2.05, 4.69) is 18.3 Å². The van der Waals surface area contributed by atoms with Crippen molar-refractivity contribution in [2.45, 2.75) is 32.2 Å². The average molecular weight is 209 g/mol. The fourth-order valence-corrected chi connectivity index (χ4v) is 2.00. The first kappa shape index (κ1) is 12.0. The Bertz CT molecular complexity index is 259. The maximum absolute atomic E-state index is 11.9. The Morgan fingerprint density at radius 1 is 1.67 bits per heavy atom. The standard InChI is InChI=1S/C11H19N3O/c1-9-8-10(4-6-13-9)11(15)14(2)7-3-5-12/h9-10,13H,3-4,6-8H2,1-2H3. The monoisotopic (exact) mass is 209 g/mol. The molecule has 1 N–H and O–H groups in total. The Labute approximate surface area is 91.2 Å². The first-order valence-electron chi connectivity index (χ1n) is 5.50. The maximum atomic E-state index is 11.9. The van der Waals surface area contributed by atoms with E-state index in [0.29, 0.717) is 19.0 Å². The van der Waals surface area contributed by atoms with Crippen LogP contribution in [0.3, 0.4) is 0 Å². The minimum absolute atomic E-state index is 0.143. The van der Waals surface area contributed by atoms with Gasteiger partial charge in [0.05, 0.1) is 12.5 Å². The number of hydrogen-bond donors (Lipinski definition) is 1. The Hall–Kier alpha value is -1.08. The molecule has 1 saturated heterocycles. The molecule has 0 bridgehead atoms. The lowest BCUT2D eigenvalue weighted by Gasteiger charge is -2.30. The van der Waals surface area contributed by atoms with E-state index in [0.717, 1.165) is 19.4 Å². The number of hydrogen-bond acceptors (Lipinski definition) is 3. The Balaban J connectivity index is 2.41. The van der Waals surface area contributed by atoms with Gasteiger partial charge in [0.2, 0.25) is 5.91 Å². The lowest BCUT2D eigenvalue weighted by molar-refractivity contribution is -0.135. The molecule has 1 heterocycles. The van der Waals surface area contributed by atoms with Crippen molar-refractivity contribution >= 4 is 5.91 Å². The lowest BCUT2D eigenvalue weighted by Crippen LogP contribution is -2.43. The summed E-state index contributed by atoms with van der Waals surface area (Å²) < 4.78 is 0.